The molecule has 0 bridgehead atoms. The van der Waals surface area contributed by atoms with Crippen molar-refractivity contribution in [2.45, 2.75) is 6.92 Å². The molecular formula is C19H24N2O5S. The fourth-order valence-corrected chi connectivity index (χ4v) is 3.40. The van der Waals surface area contributed by atoms with Crippen LogP contribution in [0.3, 0.4) is 0 Å². The van der Waals surface area contributed by atoms with Crippen LogP contribution in [-0.4, -0.2) is 47.4 Å². The Balaban J connectivity index is 2.01. The summed E-state index contributed by atoms with van der Waals surface area (Å²) in [5, 5.41) is 2.73. The molecule has 27 heavy (non-hydrogen) atoms. The molecule has 1 amide bonds. The lowest BCUT2D eigenvalue weighted by atomic mass is 10.2. The lowest BCUT2D eigenvalue weighted by molar-refractivity contribution is 0.0955. The van der Waals surface area contributed by atoms with E-state index in [-0.39, 0.29) is 19.0 Å². The summed E-state index contributed by atoms with van der Waals surface area (Å²) in [4.78, 5) is 12.2. The van der Waals surface area contributed by atoms with E-state index in [1.165, 1.54) is 4.31 Å². The minimum atomic E-state index is -3.49. The molecule has 0 heterocycles. The number of anilines is 1. The van der Waals surface area contributed by atoms with Crippen molar-refractivity contribution < 1.29 is 22.7 Å². The van der Waals surface area contributed by atoms with Gasteiger partial charge in [0.15, 0.2) is 0 Å². The maximum absolute atomic E-state index is 12.2. The topological polar surface area (TPSA) is 84.9 Å². The summed E-state index contributed by atoms with van der Waals surface area (Å²) in [6, 6.07) is 13.5. The zero-order valence-electron chi connectivity index (χ0n) is 15.6. The minimum Gasteiger partial charge on any atom is -0.497 e. The highest BCUT2D eigenvalue weighted by molar-refractivity contribution is 7.92. The third kappa shape index (κ3) is 5.89. The maximum atomic E-state index is 12.2. The van der Waals surface area contributed by atoms with Crippen LogP contribution in [0.1, 0.15) is 17.3 Å². The molecule has 0 aliphatic carbocycles. The molecule has 0 spiro atoms. The molecule has 2 aromatic carbocycles. The van der Waals surface area contributed by atoms with Crippen molar-refractivity contribution in [3.05, 3.63) is 54.1 Å². The number of sulfonamides is 1. The highest BCUT2D eigenvalue weighted by atomic mass is 32.2. The number of benzene rings is 2. The van der Waals surface area contributed by atoms with Gasteiger partial charge in [-0.05, 0) is 55.5 Å². The molecule has 7 nitrogen and oxygen atoms in total. The number of nitrogens with one attached hydrogen (secondary N) is 1. The lowest BCUT2D eigenvalue weighted by Crippen LogP contribution is -2.38. The van der Waals surface area contributed by atoms with Gasteiger partial charge in [0.2, 0.25) is 10.0 Å². The summed E-state index contributed by atoms with van der Waals surface area (Å²) in [7, 11) is -1.94. The first kappa shape index (κ1) is 20.6. The Morgan fingerprint density at radius 2 is 1.63 bits per heavy atom. The van der Waals surface area contributed by atoms with Crippen LogP contribution < -0.4 is 19.1 Å². The Labute approximate surface area is 160 Å². The van der Waals surface area contributed by atoms with Gasteiger partial charge in [0, 0.05) is 12.1 Å². The number of nitrogens with zero attached hydrogens (tertiary/aromatic N) is 1. The molecular weight excluding hydrogens is 368 g/mol. The van der Waals surface area contributed by atoms with Gasteiger partial charge in [-0.2, -0.15) is 0 Å². The average molecular weight is 392 g/mol. The van der Waals surface area contributed by atoms with Crippen molar-refractivity contribution in [1.82, 2.24) is 5.32 Å². The van der Waals surface area contributed by atoms with Crippen LogP contribution in [0.25, 0.3) is 0 Å². The molecule has 0 saturated carbocycles. The Morgan fingerprint density at radius 3 is 2.15 bits per heavy atom. The maximum Gasteiger partial charge on any atom is 0.251 e. The summed E-state index contributed by atoms with van der Waals surface area (Å²) in [6.45, 7) is 2.70. The Morgan fingerprint density at radius 1 is 1.04 bits per heavy atom. The lowest BCUT2D eigenvalue weighted by Gasteiger charge is -2.22. The van der Waals surface area contributed by atoms with Crippen LogP contribution in [0.15, 0.2) is 48.5 Å². The first-order valence-corrected chi connectivity index (χ1v) is 10.3. The molecule has 1 N–H and O–H groups in total. The number of amides is 1. The second kappa shape index (κ2) is 9.27. The molecule has 0 aromatic heterocycles. The number of carbonyl (C=O) groups excluding carboxylic acids is 1. The number of methoxy groups -OCH3 is 1. The minimum absolute atomic E-state index is 0.120. The fraction of sp³-hybridized carbons (Fsp3) is 0.316. The molecule has 0 aliphatic heterocycles. The van der Waals surface area contributed by atoms with Crippen LogP contribution in [-0.2, 0) is 10.0 Å². The van der Waals surface area contributed by atoms with Crippen LogP contribution >= 0.6 is 0 Å². The second-order valence-corrected chi connectivity index (χ2v) is 7.65. The monoisotopic (exact) mass is 392 g/mol. The van der Waals surface area contributed by atoms with E-state index >= 15 is 0 Å². The number of carbonyl (C=O) groups is 1. The Kier molecular flexibility index (Phi) is 7.06. The summed E-state index contributed by atoms with van der Waals surface area (Å²) in [5.74, 6) is 1.05. The first-order chi connectivity index (χ1) is 12.8. The molecule has 0 aliphatic rings. The third-order valence-corrected chi connectivity index (χ3v) is 4.98. The second-order valence-electron chi connectivity index (χ2n) is 5.75. The summed E-state index contributed by atoms with van der Waals surface area (Å²) >= 11 is 0. The van der Waals surface area contributed by atoms with Crippen LogP contribution in [0, 0.1) is 0 Å². The normalized spacial score (nSPS) is 10.9. The zero-order valence-corrected chi connectivity index (χ0v) is 16.5. The summed E-state index contributed by atoms with van der Waals surface area (Å²) in [5.41, 5.74) is 0.988. The Bertz CT molecular complexity index is 849. The third-order valence-electron chi connectivity index (χ3n) is 3.79. The predicted molar refractivity (Wildman–Crippen MR) is 105 cm³/mol. The van der Waals surface area contributed by atoms with Crippen molar-refractivity contribution in [1.29, 1.82) is 0 Å². The number of hydrogen-bond donors (Lipinski definition) is 1. The van der Waals surface area contributed by atoms with E-state index in [2.05, 4.69) is 5.32 Å². The highest BCUT2D eigenvalue weighted by Gasteiger charge is 2.17. The molecule has 2 aromatic rings. The fourth-order valence-electron chi connectivity index (χ4n) is 2.48. The van der Waals surface area contributed by atoms with Gasteiger partial charge in [0.1, 0.15) is 11.5 Å². The SMILES string of the molecule is CCOc1ccc(N(CCNC(=O)c2ccc(OC)cc2)S(C)(=O)=O)cc1. The molecule has 146 valence electrons. The molecule has 2 rings (SSSR count). The van der Waals surface area contributed by atoms with E-state index in [1.807, 2.05) is 6.92 Å². The molecule has 0 radical (unpaired) electrons. The predicted octanol–water partition coefficient (Wildman–Crippen LogP) is 2.29. The first-order valence-electron chi connectivity index (χ1n) is 8.48. The van der Waals surface area contributed by atoms with Crippen molar-refractivity contribution in [2.24, 2.45) is 0 Å². The van der Waals surface area contributed by atoms with Gasteiger partial charge in [0.25, 0.3) is 5.91 Å². The highest BCUT2D eigenvalue weighted by Crippen LogP contribution is 2.21. The van der Waals surface area contributed by atoms with Crippen LogP contribution in [0.5, 0.6) is 11.5 Å². The standard InChI is InChI=1S/C19H24N2O5S/c1-4-26-18-11-7-16(8-12-18)21(27(3,23)24)14-13-20-19(22)15-5-9-17(25-2)10-6-15/h5-12H,4,13-14H2,1-3H3,(H,20,22). The molecule has 0 atom stereocenters. The number of hydrogen-bond acceptors (Lipinski definition) is 5. The summed E-state index contributed by atoms with van der Waals surface area (Å²) in [6.07, 6.45) is 1.13. The van der Waals surface area contributed by atoms with Crippen molar-refractivity contribution >= 4 is 21.6 Å². The van der Waals surface area contributed by atoms with Gasteiger partial charge < -0.3 is 14.8 Å². The summed E-state index contributed by atoms with van der Waals surface area (Å²) < 4.78 is 35.9. The smallest absolute Gasteiger partial charge is 0.251 e. The van der Waals surface area contributed by atoms with Gasteiger partial charge in [-0.1, -0.05) is 0 Å². The molecule has 0 fully saturated rings. The van der Waals surface area contributed by atoms with E-state index in [4.69, 9.17) is 9.47 Å². The van der Waals surface area contributed by atoms with Gasteiger partial charge >= 0.3 is 0 Å². The van der Waals surface area contributed by atoms with E-state index in [0.29, 0.717) is 29.4 Å². The number of rotatable bonds is 9. The van der Waals surface area contributed by atoms with E-state index in [1.54, 1.807) is 55.6 Å². The van der Waals surface area contributed by atoms with E-state index in [0.717, 1.165) is 6.26 Å². The molecule has 0 unspecified atom stereocenters. The molecule has 0 saturated heterocycles. The average Bonchev–Trinajstić information content (AvgIpc) is 2.65. The Hall–Kier alpha value is -2.74. The zero-order chi connectivity index (χ0) is 19.9. The largest absolute Gasteiger partial charge is 0.497 e. The van der Waals surface area contributed by atoms with Gasteiger partial charge in [-0.25, -0.2) is 8.42 Å². The van der Waals surface area contributed by atoms with Gasteiger partial charge in [-0.3, -0.25) is 9.10 Å². The molecule has 8 heteroatoms. The van der Waals surface area contributed by atoms with E-state index in [9.17, 15) is 13.2 Å². The van der Waals surface area contributed by atoms with Gasteiger partial charge in [-0.15, -0.1) is 0 Å². The van der Waals surface area contributed by atoms with Crippen LogP contribution in [0.2, 0.25) is 0 Å². The van der Waals surface area contributed by atoms with E-state index < -0.39 is 10.0 Å². The van der Waals surface area contributed by atoms with Crippen molar-refractivity contribution in [3.8, 4) is 11.5 Å². The van der Waals surface area contributed by atoms with Crippen molar-refractivity contribution in [2.75, 3.05) is 37.4 Å². The van der Waals surface area contributed by atoms with Crippen molar-refractivity contribution in [3.63, 3.8) is 0 Å². The number of ether oxygens (including phenoxy) is 2. The quantitative estimate of drug-likeness (QED) is 0.708. The van der Waals surface area contributed by atoms with Crippen LogP contribution in [0.4, 0.5) is 5.69 Å². The van der Waals surface area contributed by atoms with Gasteiger partial charge in [0.05, 0.1) is 32.2 Å².